The van der Waals surface area contributed by atoms with Gasteiger partial charge in [0, 0.05) is 34.7 Å². The Morgan fingerprint density at radius 3 is 2.06 bits per heavy atom. The van der Waals surface area contributed by atoms with Gasteiger partial charge in [-0.1, -0.05) is 0 Å². The summed E-state index contributed by atoms with van der Waals surface area (Å²) < 4.78 is 15.5. The summed E-state index contributed by atoms with van der Waals surface area (Å²) in [7, 11) is 0. The monoisotopic (exact) mass is 565 g/mol. The van der Waals surface area contributed by atoms with Crippen LogP contribution in [0.5, 0.6) is 0 Å². The Labute approximate surface area is 221 Å². The van der Waals surface area contributed by atoms with Crippen molar-refractivity contribution in [2.75, 3.05) is 19.8 Å². The van der Waals surface area contributed by atoms with Crippen molar-refractivity contribution in [1.29, 1.82) is 0 Å². The average Bonchev–Trinajstić information content (AvgIpc) is 3.55. The molecule has 0 bridgehead atoms. The SMILES string of the molecule is C1CCOC1.CCOC(=O)c1nn2c(c1Br)CCC2.OCc1nn2c(c1Br)CCC2.[B].[H-].[Li+]. The van der Waals surface area contributed by atoms with Gasteiger partial charge in [0.15, 0.2) is 5.69 Å². The van der Waals surface area contributed by atoms with Crippen molar-refractivity contribution >= 4 is 46.2 Å². The molecule has 1 N–H and O–H groups in total. The standard InChI is InChI=1S/C9H11BrN2O2.C7H9BrN2O.C4H8O.B.Li.H/c1-2-14-9(13)8-7(10)6-4-3-5-12(6)11-8;8-7-5(4-11)9-10-3-1-2-6(7)10;1-2-4-5-3-1;;;/h2-5H2,1H3;11H,1-4H2;1-4H2;;;/q;;;;+1;-1. The van der Waals surface area contributed by atoms with Gasteiger partial charge in [-0.15, -0.1) is 0 Å². The van der Waals surface area contributed by atoms with E-state index in [1.54, 1.807) is 6.92 Å². The molecule has 3 aliphatic rings. The van der Waals surface area contributed by atoms with Gasteiger partial charge in [0.2, 0.25) is 0 Å². The Morgan fingerprint density at radius 2 is 1.62 bits per heavy atom. The van der Waals surface area contributed by atoms with Crippen LogP contribution in [0.1, 0.15) is 61.6 Å². The molecule has 2 aromatic heterocycles. The number of aryl methyl sites for hydroxylation is 2. The number of hydrogen-bond donors (Lipinski definition) is 1. The van der Waals surface area contributed by atoms with Gasteiger partial charge in [-0.25, -0.2) is 4.79 Å². The second kappa shape index (κ2) is 14.6. The molecule has 0 aliphatic carbocycles. The number of esters is 1. The fourth-order valence-electron chi connectivity index (χ4n) is 3.59. The van der Waals surface area contributed by atoms with Gasteiger partial charge in [0.25, 0.3) is 0 Å². The summed E-state index contributed by atoms with van der Waals surface area (Å²) in [6, 6.07) is 0. The first kappa shape index (κ1) is 29.5. The fourth-order valence-corrected chi connectivity index (χ4v) is 4.84. The average molecular weight is 567 g/mol. The van der Waals surface area contributed by atoms with Gasteiger partial charge in [-0.3, -0.25) is 9.36 Å². The maximum absolute atomic E-state index is 11.4. The Hall–Kier alpha value is -0.568. The van der Waals surface area contributed by atoms with Crippen LogP contribution in [0.3, 0.4) is 0 Å². The minimum atomic E-state index is -0.346. The van der Waals surface area contributed by atoms with E-state index in [-0.39, 0.29) is 41.3 Å². The Kier molecular flexibility index (Phi) is 13.5. The van der Waals surface area contributed by atoms with Crippen molar-refractivity contribution < 1.29 is 39.7 Å². The van der Waals surface area contributed by atoms with Gasteiger partial charge in [0.1, 0.15) is 5.69 Å². The van der Waals surface area contributed by atoms with Crippen molar-refractivity contribution in [3.8, 4) is 0 Å². The minimum absolute atomic E-state index is 0. The first-order chi connectivity index (χ1) is 14.6. The summed E-state index contributed by atoms with van der Waals surface area (Å²) in [5.74, 6) is -0.346. The summed E-state index contributed by atoms with van der Waals surface area (Å²) >= 11 is 6.81. The summed E-state index contributed by atoms with van der Waals surface area (Å²) in [6.07, 6.45) is 6.89. The maximum Gasteiger partial charge on any atom is 1.00 e. The van der Waals surface area contributed by atoms with Crippen LogP contribution in [0.2, 0.25) is 0 Å². The van der Waals surface area contributed by atoms with Gasteiger partial charge < -0.3 is 16.0 Å². The van der Waals surface area contributed by atoms with Gasteiger partial charge in [-0.2, -0.15) is 10.2 Å². The molecule has 5 rings (SSSR count). The Balaban J connectivity index is 0.000000484. The number of ether oxygens (including phenoxy) is 2. The summed E-state index contributed by atoms with van der Waals surface area (Å²) in [5, 5.41) is 17.3. The normalized spacial score (nSPS) is 15.2. The van der Waals surface area contributed by atoms with Gasteiger partial charge in [0.05, 0.1) is 33.5 Å². The molecule has 32 heavy (non-hydrogen) atoms. The van der Waals surface area contributed by atoms with E-state index in [2.05, 4.69) is 42.1 Å². The van der Waals surface area contributed by atoms with Crippen LogP contribution in [0, 0.1) is 0 Å². The Bertz CT molecular complexity index is 872. The third kappa shape index (κ3) is 7.21. The van der Waals surface area contributed by atoms with E-state index in [1.165, 1.54) is 25.0 Å². The second-order valence-corrected chi connectivity index (χ2v) is 8.75. The molecule has 2 aromatic rings. The van der Waals surface area contributed by atoms with Gasteiger partial charge in [-0.05, 0) is 77.3 Å². The molecule has 0 spiro atoms. The topological polar surface area (TPSA) is 91.4 Å². The van der Waals surface area contributed by atoms with Crippen LogP contribution in [0.15, 0.2) is 8.95 Å². The number of aliphatic hydroxyl groups excluding tert-OH is 1. The molecule has 1 fully saturated rings. The zero-order valence-corrected chi connectivity index (χ0v) is 22.0. The minimum Gasteiger partial charge on any atom is -1.00 e. The molecule has 0 aromatic carbocycles. The number of carbonyl (C=O) groups excluding carboxylic acids is 1. The molecule has 1 saturated heterocycles. The van der Waals surface area contributed by atoms with Crippen LogP contribution in [-0.2, 0) is 42.0 Å². The number of nitrogens with zero attached hydrogens (tertiary/aromatic N) is 4. The van der Waals surface area contributed by atoms with Crippen LogP contribution >= 0.6 is 31.9 Å². The summed E-state index contributed by atoms with van der Waals surface area (Å²) in [6.45, 7) is 6.09. The molecular weight excluding hydrogens is 538 g/mol. The van der Waals surface area contributed by atoms with E-state index in [1.807, 2.05) is 9.36 Å². The zero-order valence-electron chi connectivity index (χ0n) is 19.8. The number of hydrogen-bond acceptors (Lipinski definition) is 6. The number of aliphatic hydroxyl groups is 1. The van der Waals surface area contributed by atoms with E-state index in [9.17, 15) is 4.79 Å². The third-order valence-electron chi connectivity index (χ3n) is 5.07. The third-order valence-corrected chi connectivity index (χ3v) is 6.81. The number of aromatic nitrogens is 4. The first-order valence-corrected chi connectivity index (χ1v) is 12.0. The van der Waals surface area contributed by atoms with E-state index in [0.29, 0.717) is 12.3 Å². The largest absolute Gasteiger partial charge is 1.00 e. The van der Waals surface area contributed by atoms with Crippen molar-refractivity contribution in [2.24, 2.45) is 0 Å². The molecular formula is C20H29BBr2LiN4O4. The van der Waals surface area contributed by atoms with Crippen molar-refractivity contribution in [2.45, 2.75) is 65.1 Å². The van der Waals surface area contributed by atoms with E-state index in [0.717, 1.165) is 65.9 Å². The smallest absolute Gasteiger partial charge is 1.00 e. The molecule has 0 unspecified atom stereocenters. The molecule has 5 heterocycles. The van der Waals surface area contributed by atoms with Crippen LogP contribution in [0.25, 0.3) is 0 Å². The molecule has 0 saturated carbocycles. The molecule has 0 amide bonds. The summed E-state index contributed by atoms with van der Waals surface area (Å²) in [5.41, 5.74) is 3.50. The van der Waals surface area contributed by atoms with Crippen LogP contribution in [-0.4, -0.2) is 58.9 Å². The second-order valence-electron chi connectivity index (χ2n) is 7.17. The molecule has 0 atom stereocenters. The van der Waals surface area contributed by atoms with E-state index in [4.69, 9.17) is 14.6 Å². The number of halogens is 2. The van der Waals surface area contributed by atoms with Crippen molar-refractivity contribution in [3.63, 3.8) is 0 Å². The Morgan fingerprint density at radius 1 is 1.06 bits per heavy atom. The molecule has 8 nitrogen and oxygen atoms in total. The molecule has 12 heteroatoms. The van der Waals surface area contributed by atoms with Crippen LogP contribution in [0.4, 0.5) is 0 Å². The first-order valence-electron chi connectivity index (χ1n) is 10.4. The maximum atomic E-state index is 11.4. The number of rotatable bonds is 3. The number of fused-ring (bicyclic) bond motifs is 2. The van der Waals surface area contributed by atoms with Gasteiger partial charge >= 0.3 is 24.8 Å². The van der Waals surface area contributed by atoms with E-state index >= 15 is 0 Å². The summed E-state index contributed by atoms with van der Waals surface area (Å²) in [4.78, 5) is 11.4. The van der Waals surface area contributed by atoms with E-state index < -0.39 is 0 Å². The quantitative estimate of drug-likeness (QED) is 0.427. The molecule has 3 radical (unpaired) electrons. The predicted molar refractivity (Wildman–Crippen MR) is 125 cm³/mol. The fraction of sp³-hybridized carbons (Fsp3) is 0.650. The van der Waals surface area contributed by atoms with Crippen molar-refractivity contribution in [3.05, 3.63) is 31.7 Å². The molecule has 3 aliphatic heterocycles. The predicted octanol–water partition coefficient (Wildman–Crippen LogP) is 0.385. The number of carbonyl (C=O) groups is 1. The zero-order chi connectivity index (χ0) is 21.5. The van der Waals surface area contributed by atoms with Crippen LogP contribution < -0.4 is 18.9 Å². The van der Waals surface area contributed by atoms with Crippen molar-refractivity contribution in [1.82, 2.24) is 19.6 Å². The molecule has 171 valence electrons.